The fraction of sp³-hybridized carbons (Fsp3) is 1.00. The zero-order valence-electron chi connectivity index (χ0n) is 7.56. The third-order valence-electron chi connectivity index (χ3n) is 4.61. The van der Waals surface area contributed by atoms with E-state index in [0.29, 0.717) is 5.54 Å². The summed E-state index contributed by atoms with van der Waals surface area (Å²) in [4.78, 5) is 2.70. The van der Waals surface area contributed by atoms with Gasteiger partial charge in [-0.05, 0) is 38.5 Å². The summed E-state index contributed by atoms with van der Waals surface area (Å²) >= 11 is 0. The van der Waals surface area contributed by atoms with Crippen LogP contribution in [-0.4, -0.2) is 23.0 Å². The van der Waals surface area contributed by atoms with E-state index in [1.165, 1.54) is 32.2 Å². The van der Waals surface area contributed by atoms with Gasteiger partial charge in [-0.2, -0.15) is 0 Å². The molecule has 0 bridgehead atoms. The number of piperidine rings is 1. The summed E-state index contributed by atoms with van der Waals surface area (Å²) in [5, 5.41) is 0. The number of fused-ring (bicyclic) bond motifs is 1. The van der Waals surface area contributed by atoms with Gasteiger partial charge in [0, 0.05) is 18.1 Å². The molecule has 0 amide bonds. The summed E-state index contributed by atoms with van der Waals surface area (Å²) < 4.78 is 0. The second-order valence-electron chi connectivity index (χ2n) is 5.19. The molecule has 2 saturated heterocycles. The molecular weight excluding hydrogens is 134 g/mol. The van der Waals surface area contributed by atoms with Crippen molar-refractivity contribution in [2.45, 2.75) is 51.1 Å². The van der Waals surface area contributed by atoms with Crippen molar-refractivity contribution >= 4 is 0 Å². The summed E-state index contributed by atoms with van der Waals surface area (Å²) in [6, 6.07) is 0.897. The van der Waals surface area contributed by atoms with Gasteiger partial charge in [-0.25, -0.2) is 0 Å². The Hall–Kier alpha value is -0.0400. The first-order valence-electron chi connectivity index (χ1n) is 4.93. The van der Waals surface area contributed by atoms with Gasteiger partial charge in [0.05, 0.1) is 0 Å². The fourth-order valence-electron chi connectivity index (χ4n) is 3.45. The summed E-state index contributed by atoms with van der Waals surface area (Å²) in [6.45, 7) is 6.25. The second kappa shape index (κ2) is 1.52. The first-order chi connectivity index (χ1) is 5.16. The van der Waals surface area contributed by atoms with Crippen molar-refractivity contribution in [1.29, 1.82) is 0 Å². The van der Waals surface area contributed by atoms with Crippen molar-refractivity contribution in [2.24, 2.45) is 5.41 Å². The summed E-state index contributed by atoms with van der Waals surface area (Å²) in [5.41, 5.74) is 1.45. The van der Waals surface area contributed by atoms with Crippen LogP contribution in [0.3, 0.4) is 0 Å². The number of rotatable bonds is 0. The molecule has 0 aromatic carbocycles. The average molecular weight is 151 g/mol. The Morgan fingerprint density at radius 1 is 1.36 bits per heavy atom. The number of hydrogen-bond acceptors (Lipinski definition) is 1. The topological polar surface area (TPSA) is 3.01 Å². The zero-order chi connectivity index (χ0) is 7.69. The van der Waals surface area contributed by atoms with E-state index in [1.54, 1.807) is 0 Å². The van der Waals surface area contributed by atoms with Crippen LogP contribution >= 0.6 is 0 Å². The van der Waals surface area contributed by atoms with E-state index in [2.05, 4.69) is 18.7 Å². The Morgan fingerprint density at radius 2 is 2.09 bits per heavy atom. The molecule has 3 fully saturated rings. The van der Waals surface area contributed by atoms with E-state index in [-0.39, 0.29) is 0 Å². The minimum absolute atomic E-state index is 0.639. The van der Waals surface area contributed by atoms with Crippen LogP contribution in [-0.2, 0) is 0 Å². The molecule has 1 spiro atoms. The van der Waals surface area contributed by atoms with Crippen molar-refractivity contribution in [3.05, 3.63) is 0 Å². The smallest absolute Gasteiger partial charge is 0.0343 e. The zero-order valence-corrected chi connectivity index (χ0v) is 7.56. The second-order valence-corrected chi connectivity index (χ2v) is 5.19. The van der Waals surface area contributed by atoms with Gasteiger partial charge in [0.25, 0.3) is 0 Å². The quantitative estimate of drug-likeness (QED) is 0.479. The van der Waals surface area contributed by atoms with Crippen LogP contribution in [0.5, 0.6) is 0 Å². The first kappa shape index (κ1) is 6.47. The lowest BCUT2D eigenvalue weighted by Crippen LogP contribution is -2.34. The largest absolute Gasteiger partial charge is 0.291 e. The Labute approximate surface area is 68.8 Å². The van der Waals surface area contributed by atoms with Gasteiger partial charge in [-0.3, -0.25) is 4.90 Å². The van der Waals surface area contributed by atoms with Crippen molar-refractivity contribution in [3.63, 3.8) is 0 Å². The minimum atomic E-state index is 0.639. The van der Waals surface area contributed by atoms with E-state index in [4.69, 9.17) is 0 Å². The van der Waals surface area contributed by atoms with Crippen LogP contribution in [0.25, 0.3) is 0 Å². The van der Waals surface area contributed by atoms with Crippen LogP contribution in [0.1, 0.15) is 39.5 Å². The van der Waals surface area contributed by atoms with E-state index in [1.807, 2.05) is 0 Å². The monoisotopic (exact) mass is 151 g/mol. The molecule has 0 N–H and O–H groups in total. The van der Waals surface area contributed by atoms with Gasteiger partial charge >= 0.3 is 0 Å². The molecule has 1 nitrogen and oxygen atoms in total. The van der Waals surface area contributed by atoms with Crippen LogP contribution in [0, 0.1) is 5.41 Å². The number of nitrogens with zero attached hydrogens (tertiary/aromatic N) is 1. The summed E-state index contributed by atoms with van der Waals surface area (Å²) in [5.74, 6) is 0. The van der Waals surface area contributed by atoms with Crippen molar-refractivity contribution < 1.29 is 0 Å². The maximum absolute atomic E-state index is 2.70. The Morgan fingerprint density at radius 3 is 2.45 bits per heavy atom. The molecule has 2 heterocycles. The lowest BCUT2D eigenvalue weighted by molar-refractivity contribution is 0.128. The predicted octanol–water partition coefficient (Wildman–Crippen LogP) is 2.02. The van der Waals surface area contributed by atoms with Gasteiger partial charge < -0.3 is 0 Å². The summed E-state index contributed by atoms with van der Waals surface area (Å²) in [6.07, 6.45) is 6.04. The van der Waals surface area contributed by atoms with E-state index >= 15 is 0 Å². The molecule has 2 aliphatic heterocycles. The highest BCUT2D eigenvalue weighted by Crippen LogP contribution is 2.62. The molecule has 0 radical (unpaired) electrons. The highest BCUT2D eigenvalue weighted by atomic mass is 15.4. The molecular formula is C10H17N. The molecule has 3 aliphatic rings. The molecule has 1 aliphatic carbocycles. The molecule has 3 atom stereocenters. The van der Waals surface area contributed by atoms with Crippen molar-refractivity contribution in [3.8, 4) is 0 Å². The number of hydrogen-bond donors (Lipinski definition) is 0. The van der Waals surface area contributed by atoms with Crippen LogP contribution < -0.4 is 0 Å². The molecule has 0 aromatic heterocycles. The van der Waals surface area contributed by atoms with E-state index < -0.39 is 0 Å². The molecule has 11 heavy (non-hydrogen) atoms. The maximum Gasteiger partial charge on any atom is 0.0343 e. The fourth-order valence-corrected chi connectivity index (χ4v) is 3.45. The highest BCUT2D eigenvalue weighted by molar-refractivity contribution is 5.22. The van der Waals surface area contributed by atoms with Gasteiger partial charge in [-0.15, -0.1) is 0 Å². The SMILES string of the molecule is CC1N2CC3(CCC3)CC12C. The molecule has 3 rings (SSSR count). The predicted molar refractivity (Wildman–Crippen MR) is 45.5 cm³/mol. The standard InChI is InChI=1S/C10H17N/c1-8-9(2)6-10(4-3-5-10)7-11(8)9/h8H,3-7H2,1-2H3. The molecule has 3 unspecified atom stereocenters. The van der Waals surface area contributed by atoms with E-state index in [9.17, 15) is 0 Å². The van der Waals surface area contributed by atoms with E-state index in [0.717, 1.165) is 11.5 Å². The van der Waals surface area contributed by atoms with Crippen LogP contribution in [0.15, 0.2) is 0 Å². The Bertz CT molecular complexity index is 207. The minimum Gasteiger partial charge on any atom is -0.291 e. The van der Waals surface area contributed by atoms with Crippen LogP contribution in [0.4, 0.5) is 0 Å². The lowest BCUT2D eigenvalue weighted by Gasteiger charge is -2.40. The first-order valence-corrected chi connectivity index (χ1v) is 4.93. The Kier molecular flexibility index (Phi) is 0.893. The van der Waals surface area contributed by atoms with Gasteiger partial charge in [0.1, 0.15) is 0 Å². The summed E-state index contributed by atoms with van der Waals surface area (Å²) in [7, 11) is 0. The van der Waals surface area contributed by atoms with Crippen molar-refractivity contribution in [1.82, 2.24) is 4.90 Å². The molecule has 1 heteroatoms. The molecule has 0 aromatic rings. The highest BCUT2D eigenvalue weighted by Gasteiger charge is 2.67. The Balaban J connectivity index is 1.82. The average Bonchev–Trinajstić information content (AvgIpc) is 2.31. The van der Waals surface area contributed by atoms with Gasteiger partial charge in [-0.1, -0.05) is 6.42 Å². The van der Waals surface area contributed by atoms with Gasteiger partial charge in [0.2, 0.25) is 0 Å². The molecule has 62 valence electrons. The molecule has 1 saturated carbocycles. The normalized spacial score (nSPS) is 57.3. The lowest BCUT2D eigenvalue weighted by atomic mass is 9.65. The van der Waals surface area contributed by atoms with Gasteiger partial charge in [0.15, 0.2) is 0 Å². The third kappa shape index (κ3) is 0.581. The maximum atomic E-state index is 2.70. The van der Waals surface area contributed by atoms with Crippen molar-refractivity contribution in [2.75, 3.05) is 6.54 Å². The van der Waals surface area contributed by atoms with Crippen LogP contribution in [0.2, 0.25) is 0 Å². The third-order valence-corrected chi connectivity index (χ3v) is 4.61.